The van der Waals surface area contributed by atoms with E-state index in [1.807, 2.05) is 0 Å². The summed E-state index contributed by atoms with van der Waals surface area (Å²) in [5.74, 6) is 0. The Kier molecular flexibility index (Phi) is 14.5. The van der Waals surface area contributed by atoms with Crippen LogP contribution in [0.15, 0.2) is 47.6 Å². The Morgan fingerprint density at radius 2 is 1.05 bits per heavy atom. The predicted octanol–water partition coefficient (Wildman–Crippen LogP) is 12.0. The van der Waals surface area contributed by atoms with Crippen LogP contribution in [-0.2, 0) is 16.5 Å². The molecule has 2 aromatic rings. The first-order valence-corrected chi connectivity index (χ1v) is 16.0. The summed E-state index contributed by atoms with van der Waals surface area (Å²) >= 11 is 0. The van der Waals surface area contributed by atoms with Crippen molar-refractivity contribution in [2.75, 3.05) is 0 Å². The number of hydrogen-bond acceptors (Lipinski definition) is 0. The van der Waals surface area contributed by atoms with Crippen LogP contribution in [0.1, 0.15) is 135 Å². The monoisotopic (exact) mass is 596 g/mol. The average molecular weight is 598 g/mol. The standard InChI is InChI=1S/C38H54N2.Ni/c1-9-11-13-14-15-16-17-18-19-20-22-36-35(21-12-10-2)37(33-23-27(3)31(7)28(4)24-33)40(39)38(36)34-25-29(5)32(8)30(6)26-34;/h20,22-26H,9-19,21H2,1-8H3;. The molecule has 226 valence electrons. The van der Waals surface area contributed by atoms with Gasteiger partial charge in [0.25, 0.3) is 0 Å². The van der Waals surface area contributed by atoms with Gasteiger partial charge in [0.2, 0.25) is 11.4 Å². The second-order valence-electron chi connectivity index (χ2n) is 12.1. The van der Waals surface area contributed by atoms with E-state index in [9.17, 15) is 5.53 Å². The third-order valence-electron chi connectivity index (χ3n) is 8.98. The van der Waals surface area contributed by atoms with Crippen molar-refractivity contribution < 1.29 is 21.2 Å². The SMILES string of the molecule is CCCCCCCCCCC=CC1=C(c2cc(C)c(C)c(C)c2)[N+](=[N-])C(c2cc(C)c(C)c(C)c2)=C1CCCC.[Ni]. The molecule has 1 heterocycles. The molecule has 0 aromatic heterocycles. The van der Waals surface area contributed by atoms with Crippen molar-refractivity contribution in [2.45, 2.75) is 132 Å². The number of rotatable bonds is 15. The maximum Gasteiger partial charge on any atom is 0.215 e. The molecule has 0 atom stereocenters. The van der Waals surface area contributed by atoms with E-state index >= 15 is 0 Å². The van der Waals surface area contributed by atoms with Crippen LogP contribution in [0.2, 0.25) is 0 Å². The van der Waals surface area contributed by atoms with Crippen molar-refractivity contribution in [3.8, 4) is 0 Å². The molecule has 0 N–H and O–H groups in total. The Bertz CT molecular complexity index is 1250. The Hall–Kier alpha value is -2.25. The van der Waals surface area contributed by atoms with Crippen molar-refractivity contribution in [2.24, 2.45) is 0 Å². The van der Waals surface area contributed by atoms with E-state index in [0.29, 0.717) is 0 Å². The van der Waals surface area contributed by atoms with Crippen molar-refractivity contribution in [3.63, 3.8) is 0 Å². The van der Waals surface area contributed by atoms with Gasteiger partial charge in [0.05, 0.1) is 5.57 Å². The van der Waals surface area contributed by atoms with Gasteiger partial charge in [-0.25, -0.2) is 4.70 Å². The predicted molar refractivity (Wildman–Crippen MR) is 175 cm³/mol. The molecule has 0 unspecified atom stereocenters. The molecular formula is C38H54N2Ni. The summed E-state index contributed by atoms with van der Waals surface area (Å²) in [6, 6.07) is 9.01. The van der Waals surface area contributed by atoms with E-state index in [1.165, 1.54) is 101 Å². The summed E-state index contributed by atoms with van der Waals surface area (Å²) in [4.78, 5) is 0. The first kappa shape index (κ1) is 35.0. The van der Waals surface area contributed by atoms with Crippen LogP contribution in [0, 0.1) is 41.5 Å². The molecule has 1 aliphatic rings. The summed E-state index contributed by atoms with van der Waals surface area (Å²) in [6.07, 6.45) is 19.6. The smallest absolute Gasteiger partial charge is 0.215 e. The minimum absolute atomic E-state index is 0. The van der Waals surface area contributed by atoms with E-state index in [0.717, 1.165) is 48.2 Å². The minimum atomic E-state index is 0. The summed E-state index contributed by atoms with van der Waals surface area (Å²) in [7, 11) is 0. The van der Waals surface area contributed by atoms with Gasteiger partial charge in [-0.2, -0.15) is 0 Å². The average Bonchev–Trinajstić information content (AvgIpc) is 3.20. The molecular weight excluding hydrogens is 543 g/mol. The zero-order valence-corrected chi connectivity index (χ0v) is 28.1. The second-order valence-corrected chi connectivity index (χ2v) is 12.1. The van der Waals surface area contributed by atoms with Gasteiger partial charge < -0.3 is 5.53 Å². The van der Waals surface area contributed by atoms with Crippen LogP contribution in [0.3, 0.4) is 0 Å². The van der Waals surface area contributed by atoms with Crippen molar-refractivity contribution >= 4 is 11.4 Å². The van der Waals surface area contributed by atoms with Crippen LogP contribution in [0.4, 0.5) is 0 Å². The normalized spacial score (nSPS) is 13.6. The maximum absolute atomic E-state index is 11.9. The molecule has 3 rings (SSSR count). The first-order chi connectivity index (χ1) is 19.2. The molecule has 2 nitrogen and oxygen atoms in total. The molecule has 0 spiro atoms. The molecule has 1 aliphatic heterocycles. The summed E-state index contributed by atoms with van der Waals surface area (Å²) < 4.78 is 1.51. The number of unbranched alkanes of at least 4 members (excludes halogenated alkanes) is 9. The number of benzene rings is 2. The van der Waals surface area contributed by atoms with Crippen LogP contribution in [0.25, 0.3) is 16.9 Å². The summed E-state index contributed by atoms with van der Waals surface area (Å²) in [5.41, 5.74) is 26.2. The second kappa shape index (κ2) is 17.0. The van der Waals surface area contributed by atoms with Gasteiger partial charge in [-0.15, -0.1) is 0 Å². The third kappa shape index (κ3) is 8.87. The van der Waals surface area contributed by atoms with E-state index < -0.39 is 0 Å². The van der Waals surface area contributed by atoms with Gasteiger partial charge in [-0.1, -0.05) is 77.4 Å². The number of aryl methyl sites for hydroxylation is 4. The van der Waals surface area contributed by atoms with Gasteiger partial charge in [0.1, 0.15) is 0 Å². The fourth-order valence-electron chi connectivity index (χ4n) is 5.93. The molecule has 0 amide bonds. The molecule has 0 fully saturated rings. The molecule has 0 saturated heterocycles. The third-order valence-corrected chi connectivity index (χ3v) is 8.98. The minimum Gasteiger partial charge on any atom is -0.493 e. The first-order valence-electron chi connectivity index (χ1n) is 16.0. The number of nitrogens with zero attached hydrogens (tertiary/aromatic N) is 2. The molecule has 0 aliphatic carbocycles. The zero-order chi connectivity index (χ0) is 29.2. The van der Waals surface area contributed by atoms with E-state index in [2.05, 4.69) is 91.8 Å². The molecule has 3 heteroatoms. The molecule has 0 bridgehead atoms. The van der Waals surface area contributed by atoms with Crippen LogP contribution < -0.4 is 0 Å². The van der Waals surface area contributed by atoms with Gasteiger partial charge >= 0.3 is 0 Å². The Morgan fingerprint density at radius 1 is 0.610 bits per heavy atom. The van der Waals surface area contributed by atoms with E-state index in [1.54, 1.807) is 0 Å². The Balaban J connectivity index is 0.00000588. The van der Waals surface area contributed by atoms with Crippen molar-refractivity contribution in [1.82, 2.24) is 0 Å². The zero-order valence-electron chi connectivity index (χ0n) is 27.2. The maximum atomic E-state index is 11.9. The van der Waals surface area contributed by atoms with E-state index in [4.69, 9.17) is 0 Å². The fourth-order valence-corrected chi connectivity index (χ4v) is 5.93. The number of allylic oxidation sites excluding steroid dienone is 4. The fraction of sp³-hybridized carbons (Fsp3) is 0.526. The van der Waals surface area contributed by atoms with Gasteiger partial charge in [-0.05, 0) is 125 Å². The molecule has 0 saturated carbocycles. The van der Waals surface area contributed by atoms with Gasteiger partial charge in [0.15, 0.2) is 0 Å². The summed E-state index contributed by atoms with van der Waals surface area (Å²) in [5, 5.41) is 0. The van der Waals surface area contributed by atoms with E-state index in [-0.39, 0.29) is 16.5 Å². The van der Waals surface area contributed by atoms with Crippen LogP contribution in [-0.4, -0.2) is 4.70 Å². The van der Waals surface area contributed by atoms with Crippen molar-refractivity contribution in [1.29, 1.82) is 0 Å². The quantitative estimate of drug-likeness (QED) is 0.111. The van der Waals surface area contributed by atoms with Gasteiger partial charge in [0, 0.05) is 33.2 Å². The van der Waals surface area contributed by atoms with Crippen LogP contribution >= 0.6 is 0 Å². The topological polar surface area (TPSA) is 25.3 Å². The van der Waals surface area contributed by atoms with Crippen molar-refractivity contribution in [3.05, 3.63) is 97.6 Å². The Morgan fingerprint density at radius 3 is 1.54 bits per heavy atom. The molecule has 0 radical (unpaired) electrons. The summed E-state index contributed by atoms with van der Waals surface area (Å²) in [6.45, 7) is 17.6. The van der Waals surface area contributed by atoms with Crippen LogP contribution in [0.5, 0.6) is 0 Å². The largest absolute Gasteiger partial charge is 0.493 e. The Labute approximate surface area is 261 Å². The molecule has 2 aromatic carbocycles. The number of hydrogen-bond donors (Lipinski definition) is 0. The van der Waals surface area contributed by atoms with Gasteiger partial charge in [-0.3, -0.25) is 0 Å². The molecule has 41 heavy (non-hydrogen) atoms.